The van der Waals surface area contributed by atoms with E-state index in [-0.39, 0.29) is 12.0 Å². The minimum absolute atomic E-state index is 0.180. The lowest BCUT2D eigenvalue weighted by Gasteiger charge is -2.34. The number of carbonyl (C=O) groups is 1. The Labute approximate surface area is 137 Å². The first kappa shape index (κ1) is 15.5. The monoisotopic (exact) mass is 366 g/mol. The second-order valence-electron chi connectivity index (χ2n) is 5.34. The standard InChI is InChI=1S/C15H19BrN4O2/c1-22-15(21)14-9-17-5-6-19(14)7-8-20-10-11-12(16)3-2-4-13(11)18-20/h2-4,10,14,17H,5-9H2,1H3. The van der Waals surface area contributed by atoms with Crippen LogP contribution in [0.2, 0.25) is 0 Å². The summed E-state index contributed by atoms with van der Waals surface area (Å²) in [6.07, 6.45) is 2.04. The molecule has 0 amide bonds. The van der Waals surface area contributed by atoms with Crippen LogP contribution in [-0.4, -0.2) is 60.0 Å². The van der Waals surface area contributed by atoms with Gasteiger partial charge in [-0.3, -0.25) is 14.4 Å². The minimum atomic E-state index is -0.213. The van der Waals surface area contributed by atoms with E-state index in [0.717, 1.165) is 41.6 Å². The van der Waals surface area contributed by atoms with E-state index >= 15 is 0 Å². The lowest BCUT2D eigenvalue weighted by Crippen LogP contribution is -2.55. The highest BCUT2D eigenvalue weighted by molar-refractivity contribution is 9.10. The van der Waals surface area contributed by atoms with Gasteiger partial charge in [-0.1, -0.05) is 22.0 Å². The van der Waals surface area contributed by atoms with Crippen LogP contribution in [0.1, 0.15) is 0 Å². The predicted octanol–water partition coefficient (Wildman–Crippen LogP) is 1.25. The molecule has 6 nitrogen and oxygen atoms in total. The van der Waals surface area contributed by atoms with Crippen molar-refractivity contribution in [3.05, 3.63) is 28.9 Å². The molecule has 1 aromatic heterocycles. The van der Waals surface area contributed by atoms with Crippen LogP contribution in [0.25, 0.3) is 10.9 Å². The molecule has 1 aliphatic rings. The highest BCUT2D eigenvalue weighted by Crippen LogP contribution is 2.22. The number of ether oxygens (including phenoxy) is 1. The van der Waals surface area contributed by atoms with Gasteiger partial charge in [-0.2, -0.15) is 5.10 Å². The number of halogens is 1. The van der Waals surface area contributed by atoms with E-state index in [1.807, 2.05) is 29.1 Å². The van der Waals surface area contributed by atoms with Gasteiger partial charge in [0.2, 0.25) is 0 Å². The third-order valence-electron chi connectivity index (χ3n) is 3.99. The molecular formula is C15H19BrN4O2. The first-order valence-electron chi connectivity index (χ1n) is 7.33. The topological polar surface area (TPSA) is 59.4 Å². The Hall–Kier alpha value is -1.44. The zero-order valence-electron chi connectivity index (χ0n) is 12.5. The summed E-state index contributed by atoms with van der Waals surface area (Å²) in [7, 11) is 1.44. The van der Waals surface area contributed by atoms with Crippen molar-refractivity contribution in [2.45, 2.75) is 12.6 Å². The Balaban J connectivity index is 1.69. The predicted molar refractivity (Wildman–Crippen MR) is 87.7 cm³/mol. The smallest absolute Gasteiger partial charge is 0.324 e. The molecule has 2 heterocycles. The van der Waals surface area contributed by atoms with Crippen molar-refractivity contribution in [3.8, 4) is 0 Å². The fourth-order valence-electron chi connectivity index (χ4n) is 2.78. The van der Waals surface area contributed by atoms with E-state index in [9.17, 15) is 4.79 Å². The zero-order chi connectivity index (χ0) is 15.5. The van der Waals surface area contributed by atoms with Crippen LogP contribution < -0.4 is 5.32 Å². The maximum Gasteiger partial charge on any atom is 0.324 e. The lowest BCUT2D eigenvalue weighted by molar-refractivity contribution is -0.147. The summed E-state index contributed by atoms with van der Waals surface area (Å²) in [4.78, 5) is 14.0. The molecule has 0 spiro atoms. The van der Waals surface area contributed by atoms with E-state index in [1.54, 1.807) is 0 Å². The third kappa shape index (κ3) is 3.16. The van der Waals surface area contributed by atoms with Gasteiger partial charge >= 0.3 is 5.97 Å². The van der Waals surface area contributed by atoms with Crippen LogP contribution >= 0.6 is 15.9 Å². The number of hydrogen-bond acceptors (Lipinski definition) is 5. The van der Waals surface area contributed by atoms with Crippen molar-refractivity contribution < 1.29 is 9.53 Å². The lowest BCUT2D eigenvalue weighted by atomic mass is 10.2. The van der Waals surface area contributed by atoms with Crippen LogP contribution in [0, 0.1) is 0 Å². The van der Waals surface area contributed by atoms with Gasteiger partial charge < -0.3 is 10.1 Å². The summed E-state index contributed by atoms with van der Waals surface area (Å²) in [5.41, 5.74) is 0.971. The number of hydrogen-bond donors (Lipinski definition) is 1. The number of benzene rings is 1. The number of esters is 1. The molecule has 1 fully saturated rings. The van der Waals surface area contributed by atoms with Crippen molar-refractivity contribution in [2.75, 3.05) is 33.3 Å². The van der Waals surface area contributed by atoms with Gasteiger partial charge in [0.15, 0.2) is 0 Å². The fourth-order valence-corrected chi connectivity index (χ4v) is 3.24. The molecule has 1 aromatic carbocycles. The molecule has 3 rings (SSSR count). The Bertz CT molecular complexity index is 673. The van der Waals surface area contributed by atoms with E-state index in [2.05, 4.69) is 31.2 Å². The van der Waals surface area contributed by atoms with Crippen molar-refractivity contribution >= 4 is 32.8 Å². The van der Waals surface area contributed by atoms with Crippen LogP contribution in [0.4, 0.5) is 0 Å². The normalized spacial score (nSPS) is 19.5. The SMILES string of the molecule is COC(=O)C1CNCCN1CCn1cc2c(Br)cccc2n1. The van der Waals surface area contributed by atoms with E-state index in [4.69, 9.17) is 4.74 Å². The number of rotatable bonds is 4. The number of fused-ring (bicyclic) bond motifs is 1. The van der Waals surface area contributed by atoms with Gasteiger partial charge in [0, 0.05) is 42.2 Å². The molecule has 0 aliphatic carbocycles. The second kappa shape index (κ2) is 6.76. The average Bonchev–Trinajstić information content (AvgIpc) is 2.97. The van der Waals surface area contributed by atoms with Crippen LogP contribution in [0.3, 0.4) is 0 Å². The molecule has 1 aliphatic heterocycles. The molecule has 0 saturated carbocycles. The molecule has 1 unspecified atom stereocenters. The number of carbonyl (C=O) groups excluding carboxylic acids is 1. The summed E-state index contributed by atoms with van der Waals surface area (Å²) in [6, 6.07) is 5.78. The molecule has 7 heteroatoms. The quantitative estimate of drug-likeness (QED) is 0.825. The van der Waals surface area contributed by atoms with Crippen molar-refractivity contribution in [2.24, 2.45) is 0 Å². The Morgan fingerprint density at radius 3 is 3.14 bits per heavy atom. The fraction of sp³-hybridized carbons (Fsp3) is 0.467. The molecule has 118 valence electrons. The Kier molecular flexibility index (Phi) is 4.75. The van der Waals surface area contributed by atoms with Gasteiger partial charge in [-0.15, -0.1) is 0 Å². The summed E-state index contributed by atoms with van der Waals surface area (Å²) in [5, 5.41) is 8.92. The number of aromatic nitrogens is 2. The molecule has 0 radical (unpaired) electrons. The molecular weight excluding hydrogens is 348 g/mol. The van der Waals surface area contributed by atoms with Crippen molar-refractivity contribution in [1.29, 1.82) is 0 Å². The van der Waals surface area contributed by atoms with Gasteiger partial charge in [-0.25, -0.2) is 0 Å². The first-order chi connectivity index (χ1) is 10.7. The van der Waals surface area contributed by atoms with Gasteiger partial charge in [0.1, 0.15) is 6.04 Å². The molecule has 22 heavy (non-hydrogen) atoms. The van der Waals surface area contributed by atoms with Crippen LogP contribution in [0.15, 0.2) is 28.9 Å². The zero-order valence-corrected chi connectivity index (χ0v) is 14.0. The van der Waals surface area contributed by atoms with Crippen molar-refractivity contribution in [3.63, 3.8) is 0 Å². The highest BCUT2D eigenvalue weighted by Gasteiger charge is 2.28. The summed E-state index contributed by atoms with van der Waals surface area (Å²) in [5.74, 6) is -0.180. The highest BCUT2D eigenvalue weighted by atomic mass is 79.9. The number of nitrogens with zero attached hydrogens (tertiary/aromatic N) is 3. The molecule has 1 N–H and O–H groups in total. The van der Waals surface area contributed by atoms with E-state index in [0.29, 0.717) is 6.54 Å². The van der Waals surface area contributed by atoms with Gasteiger partial charge in [0.25, 0.3) is 0 Å². The van der Waals surface area contributed by atoms with Crippen molar-refractivity contribution in [1.82, 2.24) is 20.0 Å². The maximum atomic E-state index is 11.8. The molecule has 1 saturated heterocycles. The number of piperazine rings is 1. The minimum Gasteiger partial charge on any atom is -0.468 e. The average molecular weight is 367 g/mol. The van der Waals surface area contributed by atoms with E-state index in [1.165, 1.54) is 7.11 Å². The summed E-state index contributed by atoms with van der Waals surface area (Å²) in [6.45, 7) is 3.88. The molecule has 2 aromatic rings. The Morgan fingerprint density at radius 1 is 1.50 bits per heavy atom. The molecule has 1 atom stereocenters. The van der Waals surface area contributed by atoms with Crippen LogP contribution in [0.5, 0.6) is 0 Å². The van der Waals surface area contributed by atoms with Gasteiger partial charge in [-0.05, 0) is 12.1 Å². The Morgan fingerprint density at radius 2 is 2.36 bits per heavy atom. The van der Waals surface area contributed by atoms with Crippen LogP contribution in [-0.2, 0) is 16.1 Å². The summed E-state index contributed by atoms with van der Waals surface area (Å²) >= 11 is 3.54. The number of nitrogens with one attached hydrogen (secondary N) is 1. The first-order valence-corrected chi connectivity index (χ1v) is 8.12. The van der Waals surface area contributed by atoms with Gasteiger partial charge in [0.05, 0.1) is 19.2 Å². The number of methoxy groups -OCH3 is 1. The maximum absolute atomic E-state index is 11.8. The third-order valence-corrected chi connectivity index (χ3v) is 4.68. The second-order valence-corrected chi connectivity index (χ2v) is 6.20. The molecule has 0 bridgehead atoms. The summed E-state index contributed by atoms with van der Waals surface area (Å²) < 4.78 is 7.87. The van der Waals surface area contributed by atoms with E-state index < -0.39 is 0 Å². The largest absolute Gasteiger partial charge is 0.468 e.